The zero-order chi connectivity index (χ0) is 17.6. The topological polar surface area (TPSA) is 87.5 Å². The maximum Gasteiger partial charge on any atom is 0.323 e. The zero-order valence-corrected chi connectivity index (χ0v) is 14.2. The van der Waals surface area contributed by atoms with Crippen molar-refractivity contribution in [2.45, 2.75) is 32.2 Å². The first-order valence-corrected chi connectivity index (χ1v) is 8.53. The number of nitrogens with one attached hydrogen (secondary N) is 2. The Balaban J connectivity index is 1.58. The SMILES string of the molecule is CCC(=O)N[C@@H]1CCCN(C(=O)Nc2cc(-c3ccccc3)on2)C1. The van der Waals surface area contributed by atoms with Crippen molar-refractivity contribution < 1.29 is 14.1 Å². The Labute approximate surface area is 146 Å². The maximum absolute atomic E-state index is 12.4. The molecule has 1 aliphatic heterocycles. The van der Waals surface area contributed by atoms with Crippen LogP contribution in [0.5, 0.6) is 0 Å². The Morgan fingerprint density at radius 3 is 2.88 bits per heavy atom. The van der Waals surface area contributed by atoms with E-state index in [2.05, 4.69) is 15.8 Å². The van der Waals surface area contributed by atoms with E-state index in [0.717, 1.165) is 18.4 Å². The summed E-state index contributed by atoms with van der Waals surface area (Å²) in [7, 11) is 0. The summed E-state index contributed by atoms with van der Waals surface area (Å²) in [5, 5.41) is 9.61. The Hall–Kier alpha value is -2.83. The lowest BCUT2D eigenvalue weighted by atomic mass is 10.1. The van der Waals surface area contributed by atoms with Crippen molar-refractivity contribution in [3.63, 3.8) is 0 Å². The predicted octanol–water partition coefficient (Wildman–Crippen LogP) is 2.86. The van der Waals surface area contributed by atoms with Gasteiger partial charge in [0.1, 0.15) is 0 Å². The number of likely N-dealkylation sites (tertiary alicyclic amines) is 1. The number of carbonyl (C=O) groups excluding carboxylic acids is 2. The number of anilines is 1. The fourth-order valence-corrected chi connectivity index (χ4v) is 2.87. The van der Waals surface area contributed by atoms with Gasteiger partial charge in [-0.15, -0.1) is 0 Å². The molecule has 1 saturated heterocycles. The van der Waals surface area contributed by atoms with Crippen LogP contribution in [0.15, 0.2) is 40.9 Å². The summed E-state index contributed by atoms with van der Waals surface area (Å²) < 4.78 is 5.29. The summed E-state index contributed by atoms with van der Waals surface area (Å²) in [6.07, 6.45) is 2.19. The van der Waals surface area contributed by atoms with E-state index in [1.807, 2.05) is 37.3 Å². The van der Waals surface area contributed by atoms with E-state index in [9.17, 15) is 9.59 Å². The predicted molar refractivity (Wildman–Crippen MR) is 94.0 cm³/mol. The van der Waals surface area contributed by atoms with Crippen LogP contribution in [0.25, 0.3) is 11.3 Å². The van der Waals surface area contributed by atoms with Gasteiger partial charge in [0.15, 0.2) is 11.6 Å². The largest absolute Gasteiger partial charge is 0.354 e. The minimum atomic E-state index is -0.233. The molecule has 1 atom stereocenters. The monoisotopic (exact) mass is 342 g/mol. The maximum atomic E-state index is 12.4. The van der Waals surface area contributed by atoms with Gasteiger partial charge in [0.25, 0.3) is 0 Å². The third-order valence-electron chi connectivity index (χ3n) is 4.20. The summed E-state index contributed by atoms with van der Waals surface area (Å²) in [5.41, 5.74) is 0.899. The van der Waals surface area contributed by atoms with Gasteiger partial charge in [0.2, 0.25) is 5.91 Å². The molecule has 0 spiro atoms. The molecule has 0 aliphatic carbocycles. The summed E-state index contributed by atoms with van der Waals surface area (Å²) in [5.74, 6) is 0.988. The van der Waals surface area contributed by atoms with Gasteiger partial charge in [-0.3, -0.25) is 10.1 Å². The van der Waals surface area contributed by atoms with Crippen molar-refractivity contribution >= 4 is 17.8 Å². The summed E-state index contributed by atoms with van der Waals surface area (Å²) in [6.45, 7) is 2.98. The van der Waals surface area contributed by atoms with E-state index in [0.29, 0.717) is 31.1 Å². The van der Waals surface area contributed by atoms with Gasteiger partial charge in [-0.25, -0.2) is 4.79 Å². The molecule has 1 fully saturated rings. The highest BCUT2D eigenvalue weighted by Gasteiger charge is 2.25. The van der Waals surface area contributed by atoms with Crippen LogP contribution < -0.4 is 10.6 Å². The van der Waals surface area contributed by atoms with E-state index in [1.54, 1.807) is 11.0 Å². The van der Waals surface area contributed by atoms with Crippen LogP contribution >= 0.6 is 0 Å². The Morgan fingerprint density at radius 1 is 1.32 bits per heavy atom. The number of aromatic nitrogens is 1. The van der Waals surface area contributed by atoms with E-state index < -0.39 is 0 Å². The number of hydrogen-bond acceptors (Lipinski definition) is 4. The fraction of sp³-hybridized carbons (Fsp3) is 0.389. The standard InChI is InChI=1S/C18H22N4O3/c1-2-17(23)19-14-9-6-10-22(12-14)18(24)20-16-11-15(25-21-16)13-7-4-3-5-8-13/h3-5,7-8,11,14H,2,6,9-10,12H2,1H3,(H,19,23)(H,20,21,24)/t14-/m1/s1. The third-order valence-corrected chi connectivity index (χ3v) is 4.20. The highest BCUT2D eigenvalue weighted by molar-refractivity contribution is 5.89. The number of carbonyl (C=O) groups is 2. The highest BCUT2D eigenvalue weighted by atomic mass is 16.5. The molecule has 2 aromatic rings. The first-order valence-electron chi connectivity index (χ1n) is 8.53. The van der Waals surface area contributed by atoms with E-state index >= 15 is 0 Å². The van der Waals surface area contributed by atoms with Gasteiger partial charge < -0.3 is 14.7 Å². The number of urea groups is 1. The molecule has 0 unspecified atom stereocenters. The molecule has 1 aliphatic rings. The molecule has 3 rings (SSSR count). The number of amides is 3. The molecule has 2 N–H and O–H groups in total. The van der Waals surface area contributed by atoms with Crippen LogP contribution in [0.4, 0.5) is 10.6 Å². The van der Waals surface area contributed by atoms with Gasteiger partial charge in [-0.2, -0.15) is 0 Å². The number of rotatable bonds is 4. The normalized spacial score (nSPS) is 17.2. The van der Waals surface area contributed by atoms with Crippen LogP contribution in [0.2, 0.25) is 0 Å². The summed E-state index contributed by atoms with van der Waals surface area (Å²) in [6, 6.07) is 11.0. The molecule has 1 aromatic heterocycles. The van der Waals surface area contributed by atoms with Gasteiger partial charge in [0, 0.05) is 37.2 Å². The highest BCUT2D eigenvalue weighted by Crippen LogP contribution is 2.22. The molecule has 0 bridgehead atoms. The molecule has 0 saturated carbocycles. The quantitative estimate of drug-likeness (QED) is 0.894. The van der Waals surface area contributed by atoms with Crippen molar-refractivity contribution in [3.05, 3.63) is 36.4 Å². The van der Waals surface area contributed by atoms with Crippen molar-refractivity contribution in [3.8, 4) is 11.3 Å². The van der Waals surface area contributed by atoms with Crippen molar-refractivity contribution in [2.24, 2.45) is 0 Å². The fourth-order valence-electron chi connectivity index (χ4n) is 2.87. The first kappa shape index (κ1) is 17.0. The zero-order valence-electron chi connectivity index (χ0n) is 14.2. The molecule has 2 heterocycles. The van der Waals surface area contributed by atoms with Crippen molar-refractivity contribution in [1.82, 2.24) is 15.4 Å². The van der Waals surface area contributed by atoms with Gasteiger partial charge in [0.05, 0.1) is 0 Å². The second kappa shape index (κ2) is 7.83. The number of benzene rings is 1. The molecule has 0 radical (unpaired) electrons. The van der Waals surface area contributed by atoms with Gasteiger partial charge in [-0.1, -0.05) is 42.4 Å². The second-order valence-corrected chi connectivity index (χ2v) is 6.08. The lowest BCUT2D eigenvalue weighted by Crippen LogP contribution is -2.50. The lowest BCUT2D eigenvalue weighted by Gasteiger charge is -2.32. The molecule has 132 valence electrons. The average Bonchev–Trinajstić information content (AvgIpc) is 3.11. The van der Waals surface area contributed by atoms with Crippen molar-refractivity contribution in [1.29, 1.82) is 0 Å². The van der Waals surface area contributed by atoms with Crippen LogP contribution in [0, 0.1) is 0 Å². The van der Waals surface area contributed by atoms with E-state index in [4.69, 9.17) is 4.52 Å². The molecule has 7 nitrogen and oxygen atoms in total. The summed E-state index contributed by atoms with van der Waals surface area (Å²) in [4.78, 5) is 25.7. The van der Waals surface area contributed by atoms with E-state index in [1.165, 1.54) is 0 Å². The Morgan fingerprint density at radius 2 is 2.12 bits per heavy atom. The summed E-state index contributed by atoms with van der Waals surface area (Å²) >= 11 is 0. The van der Waals surface area contributed by atoms with Crippen LogP contribution in [-0.2, 0) is 4.79 Å². The first-order chi connectivity index (χ1) is 12.2. The minimum Gasteiger partial charge on any atom is -0.354 e. The molecule has 3 amide bonds. The minimum absolute atomic E-state index is 0.00383. The molecule has 25 heavy (non-hydrogen) atoms. The van der Waals surface area contributed by atoms with Crippen LogP contribution in [0.1, 0.15) is 26.2 Å². The molecular formula is C18H22N4O3. The van der Waals surface area contributed by atoms with Crippen LogP contribution in [-0.4, -0.2) is 41.1 Å². The van der Waals surface area contributed by atoms with Crippen LogP contribution in [0.3, 0.4) is 0 Å². The molecule has 7 heteroatoms. The third kappa shape index (κ3) is 4.37. The van der Waals surface area contributed by atoms with Crippen molar-refractivity contribution in [2.75, 3.05) is 18.4 Å². The lowest BCUT2D eigenvalue weighted by molar-refractivity contribution is -0.121. The smallest absolute Gasteiger partial charge is 0.323 e. The molecule has 1 aromatic carbocycles. The van der Waals surface area contributed by atoms with Gasteiger partial charge in [-0.05, 0) is 12.8 Å². The average molecular weight is 342 g/mol. The van der Waals surface area contributed by atoms with E-state index in [-0.39, 0.29) is 18.0 Å². The second-order valence-electron chi connectivity index (χ2n) is 6.08. The van der Waals surface area contributed by atoms with Gasteiger partial charge >= 0.3 is 6.03 Å². The molecular weight excluding hydrogens is 320 g/mol. The Bertz CT molecular complexity index is 729. The number of piperidine rings is 1. The Kier molecular flexibility index (Phi) is 5.33. The number of hydrogen-bond donors (Lipinski definition) is 2. The number of nitrogens with zero attached hydrogens (tertiary/aromatic N) is 2.